The van der Waals surface area contributed by atoms with Crippen molar-refractivity contribution in [3.8, 4) is 11.4 Å². The van der Waals surface area contributed by atoms with E-state index in [0.29, 0.717) is 29.6 Å². The number of benzene rings is 3. The molecule has 1 aliphatic rings. The largest absolute Gasteiger partial charge is 0.310 e. The van der Waals surface area contributed by atoms with Crippen molar-refractivity contribution in [3.05, 3.63) is 90.2 Å². The summed E-state index contributed by atoms with van der Waals surface area (Å²) in [5.74, 6) is 1.22. The molecule has 1 aliphatic heterocycles. The lowest BCUT2D eigenvalue weighted by molar-refractivity contribution is -0.116. The number of carbonyl (C=O) groups is 1. The van der Waals surface area contributed by atoms with Crippen LogP contribution >= 0.6 is 23.5 Å². The molecule has 5 nitrogen and oxygen atoms in total. The normalized spacial score (nSPS) is 13.1. The van der Waals surface area contributed by atoms with Gasteiger partial charge in [-0.1, -0.05) is 66.4 Å². The lowest BCUT2D eigenvalue weighted by atomic mass is 10.2. The molecule has 0 atom stereocenters. The van der Waals surface area contributed by atoms with Crippen molar-refractivity contribution in [1.29, 1.82) is 0 Å². The molecule has 5 rings (SSSR count). The summed E-state index contributed by atoms with van der Waals surface area (Å²) in [6.45, 7) is 1.16. The lowest BCUT2D eigenvalue weighted by Crippen LogP contribution is -2.36. The summed E-state index contributed by atoms with van der Waals surface area (Å²) in [6, 6.07) is 24.4. The zero-order valence-electron chi connectivity index (χ0n) is 17.7. The predicted molar refractivity (Wildman–Crippen MR) is 131 cm³/mol. The molecule has 0 unspecified atom stereocenters. The topological polar surface area (TPSA) is 51.0 Å². The average molecular weight is 477 g/mol. The molecule has 0 bridgehead atoms. The molecule has 1 aromatic heterocycles. The lowest BCUT2D eigenvalue weighted by Gasteiger charge is -2.28. The van der Waals surface area contributed by atoms with Crippen molar-refractivity contribution in [1.82, 2.24) is 14.8 Å². The van der Waals surface area contributed by atoms with E-state index in [1.54, 1.807) is 30.0 Å². The van der Waals surface area contributed by atoms with Gasteiger partial charge in [0.25, 0.3) is 0 Å². The number of amides is 1. The predicted octanol–water partition coefficient (Wildman–Crippen LogP) is 5.36. The number of hydrogen-bond donors (Lipinski definition) is 0. The van der Waals surface area contributed by atoms with Crippen molar-refractivity contribution in [3.63, 3.8) is 0 Å². The first-order valence-corrected chi connectivity index (χ1v) is 12.5. The Kier molecular flexibility index (Phi) is 6.46. The fraction of sp³-hybridized carbons (Fsp3) is 0.160. The first-order valence-electron chi connectivity index (χ1n) is 10.6. The maximum Gasteiger partial charge on any atom is 0.237 e. The Morgan fingerprint density at radius 3 is 2.58 bits per heavy atom. The zero-order chi connectivity index (χ0) is 22.6. The number of fused-ring (bicyclic) bond motifs is 1. The fourth-order valence-electron chi connectivity index (χ4n) is 3.78. The highest BCUT2D eigenvalue weighted by molar-refractivity contribution is 8.00. The van der Waals surface area contributed by atoms with Crippen LogP contribution in [-0.2, 0) is 11.3 Å². The number of nitrogens with zero attached hydrogens (tertiary/aromatic N) is 4. The molecule has 0 spiro atoms. The van der Waals surface area contributed by atoms with E-state index in [9.17, 15) is 9.18 Å². The smallest absolute Gasteiger partial charge is 0.237 e. The van der Waals surface area contributed by atoms with Crippen LogP contribution < -0.4 is 4.90 Å². The third kappa shape index (κ3) is 4.67. The first-order chi connectivity index (χ1) is 16.2. The van der Waals surface area contributed by atoms with Crippen molar-refractivity contribution in [2.24, 2.45) is 0 Å². The summed E-state index contributed by atoms with van der Waals surface area (Å²) in [5, 5.41) is 9.21. The summed E-state index contributed by atoms with van der Waals surface area (Å²) in [4.78, 5) is 16.1. The Morgan fingerprint density at radius 2 is 1.73 bits per heavy atom. The first kappa shape index (κ1) is 21.7. The van der Waals surface area contributed by atoms with E-state index >= 15 is 0 Å². The maximum atomic E-state index is 14.6. The molecule has 0 saturated heterocycles. The van der Waals surface area contributed by atoms with Gasteiger partial charge in [0, 0.05) is 17.2 Å². The van der Waals surface area contributed by atoms with Crippen molar-refractivity contribution in [2.45, 2.75) is 16.6 Å². The summed E-state index contributed by atoms with van der Waals surface area (Å²) in [7, 11) is 0. The highest BCUT2D eigenvalue weighted by atomic mass is 32.2. The van der Waals surface area contributed by atoms with Crippen LogP contribution in [0.3, 0.4) is 0 Å². The Hall–Kier alpha value is -3.10. The van der Waals surface area contributed by atoms with E-state index in [0.717, 1.165) is 21.9 Å². The van der Waals surface area contributed by atoms with Crippen molar-refractivity contribution >= 4 is 35.1 Å². The number of hydrogen-bond acceptors (Lipinski definition) is 5. The van der Waals surface area contributed by atoms with Gasteiger partial charge in [-0.25, -0.2) is 4.39 Å². The Balaban J connectivity index is 1.41. The molecule has 0 aliphatic carbocycles. The number of thioether (sulfide) groups is 2. The highest BCUT2D eigenvalue weighted by Gasteiger charge is 2.24. The van der Waals surface area contributed by atoms with Gasteiger partial charge < -0.3 is 4.90 Å². The molecule has 4 aromatic rings. The molecule has 33 heavy (non-hydrogen) atoms. The second-order valence-corrected chi connectivity index (χ2v) is 9.59. The molecule has 2 heterocycles. The van der Waals surface area contributed by atoms with E-state index in [-0.39, 0.29) is 17.5 Å². The van der Waals surface area contributed by atoms with Gasteiger partial charge in [0.1, 0.15) is 5.82 Å². The zero-order valence-corrected chi connectivity index (χ0v) is 19.4. The number of carbonyl (C=O) groups excluding carboxylic acids is 1. The molecule has 0 saturated carbocycles. The summed E-state index contributed by atoms with van der Waals surface area (Å²) < 4.78 is 16.4. The molecular weight excluding hydrogens is 455 g/mol. The molecule has 166 valence electrons. The fourth-order valence-corrected chi connectivity index (χ4v) is 5.59. The third-order valence-corrected chi connectivity index (χ3v) is 7.36. The SMILES string of the molecule is O=C(CSc1nnc(-c2ccccc2F)n1Cc1ccccc1)N1CCSc2ccccc21. The van der Waals surface area contributed by atoms with Crippen LogP contribution in [-0.4, -0.2) is 38.7 Å². The van der Waals surface area contributed by atoms with Gasteiger partial charge in [-0.15, -0.1) is 22.0 Å². The minimum absolute atomic E-state index is 0.0226. The molecule has 0 N–H and O–H groups in total. The summed E-state index contributed by atoms with van der Waals surface area (Å²) >= 11 is 3.10. The molecule has 3 aromatic carbocycles. The molecule has 8 heteroatoms. The van der Waals surface area contributed by atoms with Gasteiger partial charge in [0.15, 0.2) is 11.0 Å². The second-order valence-electron chi connectivity index (χ2n) is 7.51. The van der Waals surface area contributed by atoms with E-state index < -0.39 is 0 Å². The van der Waals surface area contributed by atoms with E-state index in [4.69, 9.17) is 0 Å². The van der Waals surface area contributed by atoms with Crippen LogP contribution in [0.25, 0.3) is 11.4 Å². The van der Waals surface area contributed by atoms with Gasteiger partial charge in [-0.05, 0) is 29.8 Å². The Bertz CT molecular complexity index is 1280. The number of halogens is 1. The number of aromatic nitrogens is 3. The monoisotopic (exact) mass is 476 g/mol. The van der Waals surface area contributed by atoms with Crippen LogP contribution in [0.4, 0.5) is 10.1 Å². The van der Waals surface area contributed by atoms with Gasteiger partial charge in [-0.3, -0.25) is 9.36 Å². The Labute approximate surface area is 200 Å². The van der Waals surface area contributed by atoms with Crippen LogP contribution in [0.1, 0.15) is 5.56 Å². The highest BCUT2D eigenvalue weighted by Crippen LogP contribution is 2.35. The summed E-state index contributed by atoms with van der Waals surface area (Å²) in [5.41, 5.74) is 2.39. The van der Waals surface area contributed by atoms with E-state index in [2.05, 4.69) is 10.2 Å². The average Bonchev–Trinajstić information content (AvgIpc) is 3.25. The standard InChI is InChI=1S/C25H21FN4OS2/c26-20-11-5-4-10-19(20)24-27-28-25(30(24)16-18-8-2-1-3-9-18)33-17-23(31)29-14-15-32-22-13-7-6-12-21(22)29/h1-13H,14-17H2. The van der Waals surface area contributed by atoms with Gasteiger partial charge in [0.05, 0.1) is 23.5 Å². The third-order valence-electron chi connectivity index (χ3n) is 5.37. The molecule has 0 fully saturated rings. The molecule has 1 amide bonds. The number of para-hydroxylation sites is 1. The van der Waals surface area contributed by atoms with Crippen LogP contribution in [0, 0.1) is 5.82 Å². The number of rotatable bonds is 6. The molecule has 0 radical (unpaired) electrons. The van der Waals surface area contributed by atoms with Crippen LogP contribution in [0.5, 0.6) is 0 Å². The van der Waals surface area contributed by atoms with Gasteiger partial charge in [0.2, 0.25) is 5.91 Å². The van der Waals surface area contributed by atoms with E-state index in [1.165, 1.54) is 17.8 Å². The minimum atomic E-state index is -0.353. The Morgan fingerprint density at radius 1 is 0.970 bits per heavy atom. The van der Waals surface area contributed by atoms with Crippen molar-refractivity contribution < 1.29 is 9.18 Å². The molecular formula is C25H21FN4OS2. The number of anilines is 1. The summed E-state index contributed by atoms with van der Waals surface area (Å²) in [6.07, 6.45) is 0. The quantitative estimate of drug-likeness (QED) is 0.351. The van der Waals surface area contributed by atoms with Crippen LogP contribution in [0.2, 0.25) is 0 Å². The van der Waals surface area contributed by atoms with Gasteiger partial charge in [-0.2, -0.15) is 0 Å². The maximum absolute atomic E-state index is 14.6. The van der Waals surface area contributed by atoms with Crippen molar-refractivity contribution in [2.75, 3.05) is 23.0 Å². The minimum Gasteiger partial charge on any atom is -0.310 e. The second kappa shape index (κ2) is 9.80. The van der Waals surface area contributed by atoms with Gasteiger partial charge >= 0.3 is 0 Å². The van der Waals surface area contributed by atoms with E-state index in [1.807, 2.05) is 64.1 Å². The van der Waals surface area contributed by atoms with Crippen LogP contribution in [0.15, 0.2) is 88.9 Å².